The number of hydrogen-bond donors (Lipinski definition) is 0. The van der Waals surface area contributed by atoms with Gasteiger partial charge in [0.15, 0.2) is 0 Å². The highest BCUT2D eigenvalue weighted by atomic mass is 16.5. The fourth-order valence-corrected chi connectivity index (χ4v) is 2.93. The molecule has 2 nitrogen and oxygen atoms in total. The second-order valence-corrected chi connectivity index (χ2v) is 7.02. The summed E-state index contributed by atoms with van der Waals surface area (Å²) in [6.45, 7) is 6.19. The van der Waals surface area contributed by atoms with E-state index in [1.807, 2.05) is 0 Å². The van der Waals surface area contributed by atoms with Crippen LogP contribution in [0.5, 0.6) is 0 Å². The summed E-state index contributed by atoms with van der Waals surface area (Å²) < 4.78 is 4.96. The summed E-state index contributed by atoms with van der Waals surface area (Å²) in [4.78, 5) is 10.8. The number of esters is 1. The summed E-state index contributed by atoms with van der Waals surface area (Å²) in [6.07, 6.45) is 27.0. The van der Waals surface area contributed by atoms with Crippen LogP contribution in [0.2, 0.25) is 0 Å². The second-order valence-electron chi connectivity index (χ2n) is 7.02. The zero-order valence-electron chi connectivity index (χ0n) is 16.8. The SMILES string of the molecule is C=CC(=O)OCCCCCCCCCCC/C=C/CCCCCCC. The molecule has 0 saturated heterocycles. The molecule has 146 valence electrons. The molecule has 0 aromatic rings. The van der Waals surface area contributed by atoms with Crippen molar-refractivity contribution in [3.8, 4) is 0 Å². The molecule has 0 fully saturated rings. The predicted molar refractivity (Wildman–Crippen MR) is 110 cm³/mol. The quantitative estimate of drug-likeness (QED) is 0.104. The normalized spacial score (nSPS) is 11.1. The minimum absolute atomic E-state index is 0.304. The van der Waals surface area contributed by atoms with Gasteiger partial charge in [0.2, 0.25) is 0 Å². The third-order valence-corrected chi connectivity index (χ3v) is 4.57. The van der Waals surface area contributed by atoms with Crippen LogP contribution in [0.15, 0.2) is 24.8 Å². The van der Waals surface area contributed by atoms with Crippen LogP contribution < -0.4 is 0 Å². The molecule has 0 amide bonds. The lowest BCUT2D eigenvalue weighted by Crippen LogP contribution is -2.01. The van der Waals surface area contributed by atoms with Crippen LogP contribution in [-0.2, 0) is 9.53 Å². The van der Waals surface area contributed by atoms with Crippen LogP contribution in [-0.4, -0.2) is 12.6 Å². The fraction of sp³-hybridized carbons (Fsp3) is 0.783. The number of unbranched alkanes of at least 4 members (excludes halogenated alkanes) is 14. The Hall–Kier alpha value is -1.05. The lowest BCUT2D eigenvalue weighted by Gasteiger charge is -2.03. The molecule has 2 heteroatoms. The average Bonchev–Trinajstić information content (AvgIpc) is 2.63. The van der Waals surface area contributed by atoms with E-state index in [9.17, 15) is 4.79 Å². The maximum absolute atomic E-state index is 10.8. The summed E-state index contributed by atoms with van der Waals surface area (Å²) in [5.74, 6) is -0.304. The Morgan fingerprint density at radius 1 is 0.720 bits per heavy atom. The molecule has 0 bridgehead atoms. The van der Waals surface area contributed by atoms with Gasteiger partial charge in [0.1, 0.15) is 0 Å². The highest BCUT2D eigenvalue weighted by Crippen LogP contribution is 2.11. The monoisotopic (exact) mass is 350 g/mol. The minimum Gasteiger partial charge on any atom is -0.463 e. The van der Waals surface area contributed by atoms with Crippen LogP contribution in [0.25, 0.3) is 0 Å². The van der Waals surface area contributed by atoms with Gasteiger partial charge in [-0.25, -0.2) is 4.79 Å². The number of carbonyl (C=O) groups excluding carboxylic acids is 1. The van der Waals surface area contributed by atoms with Crippen molar-refractivity contribution < 1.29 is 9.53 Å². The minimum atomic E-state index is -0.304. The molecule has 0 spiro atoms. The third-order valence-electron chi connectivity index (χ3n) is 4.57. The smallest absolute Gasteiger partial charge is 0.330 e. The molecule has 0 radical (unpaired) electrons. The summed E-state index contributed by atoms with van der Waals surface area (Å²) in [7, 11) is 0. The molecule has 0 aliphatic heterocycles. The predicted octanol–water partition coefficient (Wildman–Crippen LogP) is 7.53. The molecule has 0 rings (SSSR count). The van der Waals surface area contributed by atoms with Gasteiger partial charge in [0, 0.05) is 6.08 Å². The van der Waals surface area contributed by atoms with Crippen LogP contribution in [0.3, 0.4) is 0 Å². The van der Waals surface area contributed by atoms with Crippen molar-refractivity contribution >= 4 is 5.97 Å². The summed E-state index contributed by atoms with van der Waals surface area (Å²) in [6, 6.07) is 0. The Morgan fingerprint density at radius 2 is 1.16 bits per heavy atom. The van der Waals surface area contributed by atoms with E-state index in [1.165, 1.54) is 96.0 Å². The number of carbonyl (C=O) groups is 1. The highest BCUT2D eigenvalue weighted by molar-refractivity contribution is 5.81. The zero-order chi connectivity index (χ0) is 18.4. The van der Waals surface area contributed by atoms with E-state index in [2.05, 4.69) is 25.7 Å². The molecule has 0 heterocycles. The first-order valence-corrected chi connectivity index (χ1v) is 10.8. The van der Waals surface area contributed by atoms with Gasteiger partial charge in [0.05, 0.1) is 6.61 Å². The van der Waals surface area contributed by atoms with Crippen molar-refractivity contribution in [2.24, 2.45) is 0 Å². The Balaban J connectivity index is 3.09. The van der Waals surface area contributed by atoms with E-state index >= 15 is 0 Å². The maximum Gasteiger partial charge on any atom is 0.330 e. The topological polar surface area (TPSA) is 26.3 Å². The zero-order valence-corrected chi connectivity index (χ0v) is 16.8. The molecular formula is C23H42O2. The first-order valence-electron chi connectivity index (χ1n) is 10.8. The molecule has 0 atom stereocenters. The van der Waals surface area contributed by atoms with E-state index in [4.69, 9.17) is 4.74 Å². The lowest BCUT2D eigenvalue weighted by atomic mass is 10.1. The first kappa shape index (κ1) is 23.9. The molecule has 0 aliphatic rings. The third kappa shape index (κ3) is 20.9. The Kier molecular flexibility index (Phi) is 20.1. The Labute approximate surface area is 157 Å². The number of rotatable bonds is 19. The number of allylic oxidation sites excluding steroid dienone is 2. The maximum atomic E-state index is 10.8. The van der Waals surface area contributed by atoms with Crippen molar-refractivity contribution in [2.45, 2.75) is 110 Å². The van der Waals surface area contributed by atoms with Gasteiger partial charge in [-0.15, -0.1) is 0 Å². The van der Waals surface area contributed by atoms with Gasteiger partial charge in [-0.1, -0.05) is 96.3 Å². The van der Waals surface area contributed by atoms with E-state index < -0.39 is 0 Å². The molecule has 0 aliphatic carbocycles. The summed E-state index contributed by atoms with van der Waals surface area (Å²) in [5.41, 5.74) is 0. The van der Waals surface area contributed by atoms with Gasteiger partial charge < -0.3 is 4.74 Å². The van der Waals surface area contributed by atoms with Gasteiger partial charge in [0.25, 0.3) is 0 Å². The van der Waals surface area contributed by atoms with Gasteiger partial charge in [-0.05, 0) is 32.1 Å². The van der Waals surface area contributed by atoms with E-state index in [-0.39, 0.29) is 5.97 Å². The van der Waals surface area contributed by atoms with Gasteiger partial charge in [-0.3, -0.25) is 0 Å². The lowest BCUT2D eigenvalue weighted by molar-refractivity contribution is -0.137. The average molecular weight is 351 g/mol. The van der Waals surface area contributed by atoms with E-state index in [1.54, 1.807) is 0 Å². The second kappa shape index (κ2) is 21.0. The number of hydrogen-bond acceptors (Lipinski definition) is 2. The van der Waals surface area contributed by atoms with E-state index in [0.717, 1.165) is 12.8 Å². The molecule has 0 aromatic carbocycles. The molecule has 0 saturated carbocycles. The van der Waals surface area contributed by atoms with Gasteiger partial charge in [-0.2, -0.15) is 0 Å². The van der Waals surface area contributed by atoms with Crippen molar-refractivity contribution in [2.75, 3.05) is 6.61 Å². The van der Waals surface area contributed by atoms with E-state index in [0.29, 0.717) is 6.61 Å². The summed E-state index contributed by atoms with van der Waals surface area (Å²) in [5, 5.41) is 0. The van der Waals surface area contributed by atoms with Crippen molar-refractivity contribution in [3.63, 3.8) is 0 Å². The molecule has 0 unspecified atom stereocenters. The van der Waals surface area contributed by atoms with Crippen molar-refractivity contribution in [1.82, 2.24) is 0 Å². The molecule has 0 N–H and O–H groups in total. The number of ether oxygens (including phenoxy) is 1. The standard InChI is InChI=1S/C23H42O2/c1-3-5-6-7-8-9-10-11-12-13-14-15-16-17-18-19-20-21-22-25-23(24)4-2/h4,10-11H,2-3,5-9,12-22H2,1H3/b11-10+. The molecular weight excluding hydrogens is 308 g/mol. The van der Waals surface area contributed by atoms with Crippen LogP contribution >= 0.6 is 0 Å². The molecule has 25 heavy (non-hydrogen) atoms. The molecule has 0 aromatic heterocycles. The van der Waals surface area contributed by atoms with Crippen LogP contribution in [0.4, 0.5) is 0 Å². The van der Waals surface area contributed by atoms with Crippen LogP contribution in [0, 0.1) is 0 Å². The highest BCUT2D eigenvalue weighted by Gasteiger charge is 1.96. The van der Waals surface area contributed by atoms with Crippen LogP contribution in [0.1, 0.15) is 110 Å². The summed E-state index contributed by atoms with van der Waals surface area (Å²) >= 11 is 0. The Morgan fingerprint density at radius 3 is 1.64 bits per heavy atom. The van der Waals surface area contributed by atoms with Crippen molar-refractivity contribution in [3.05, 3.63) is 24.8 Å². The Bertz CT molecular complexity index is 320. The first-order chi connectivity index (χ1) is 12.3. The van der Waals surface area contributed by atoms with Crippen molar-refractivity contribution in [1.29, 1.82) is 0 Å². The largest absolute Gasteiger partial charge is 0.463 e. The fourth-order valence-electron chi connectivity index (χ4n) is 2.93. The van der Waals surface area contributed by atoms with Gasteiger partial charge >= 0.3 is 5.97 Å².